The highest BCUT2D eigenvalue weighted by atomic mass is 32.1. The molecule has 5 heteroatoms. The molecule has 0 spiro atoms. The van der Waals surface area contributed by atoms with E-state index in [4.69, 9.17) is 9.98 Å². The Labute approximate surface area is 210 Å². The first-order valence-corrected chi connectivity index (χ1v) is 13.2. The molecule has 168 valence electrons. The van der Waals surface area contributed by atoms with E-state index in [0.29, 0.717) is 0 Å². The van der Waals surface area contributed by atoms with Crippen molar-refractivity contribution >= 4 is 70.2 Å². The van der Waals surface area contributed by atoms with Crippen LogP contribution in [0.5, 0.6) is 0 Å². The lowest BCUT2D eigenvalue weighted by Gasteiger charge is -2.17. The van der Waals surface area contributed by atoms with Gasteiger partial charge in [-0.05, 0) is 47.5 Å². The summed E-state index contributed by atoms with van der Waals surface area (Å²) >= 11 is 3.47. The number of thiazole rings is 1. The summed E-state index contributed by atoms with van der Waals surface area (Å²) in [4.78, 5) is 11.4. The maximum Gasteiger partial charge on any atom is 0.190 e. The van der Waals surface area contributed by atoms with E-state index in [1.807, 2.05) is 0 Å². The minimum Gasteiger partial charge on any atom is -0.320 e. The van der Waals surface area contributed by atoms with Crippen molar-refractivity contribution in [2.75, 3.05) is 0 Å². The summed E-state index contributed by atoms with van der Waals surface area (Å²) in [5.74, 6) is 0. The van der Waals surface area contributed by atoms with Crippen LogP contribution < -0.4 is 4.80 Å². The fraction of sp³-hybridized carbons (Fsp3) is 0.0667. The number of thiophene rings is 1. The molecule has 1 aliphatic carbocycles. The van der Waals surface area contributed by atoms with Gasteiger partial charge in [-0.3, -0.25) is 0 Å². The van der Waals surface area contributed by atoms with Gasteiger partial charge in [0.1, 0.15) is 5.00 Å². The number of hydrogen-bond acceptors (Lipinski definition) is 4. The Morgan fingerprint density at radius 3 is 2.26 bits per heavy atom. The molecular weight excluding hydrogens is 466 g/mol. The Hall–Kier alpha value is -3.80. The Kier molecular flexibility index (Phi) is 4.62. The number of fused-ring (bicyclic) bond motifs is 2. The molecule has 0 saturated carbocycles. The molecule has 1 aliphatic rings. The predicted octanol–water partition coefficient (Wildman–Crippen LogP) is 7.99. The Bertz CT molecular complexity index is 1920. The van der Waals surface area contributed by atoms with E-state index < -0.39 is 0 Å². The highest BCUT2D eigenvalue weighted by molar-refractivity contribution is 7.22. The second-order valence-electron chi connectivity index (χ2n) is 8.79. The summed E-state index contributed by atoms with van der Waals surface area (Å²) in [6.07, 6.45) is 2.16. The molecule has 2 aromatic heterocycles. The van der Waals surface area contributed by atoms with Crippen molar-refractivity contribution in [2.24, 2.45) is 17.0 Å². The van der Waals surface area contributed by atoms with E-state index in [9.17, 15) is 0 Å². The van der Waals surface area contributed by atoms with Crippen LogP contribution in [0.15, 0.2) is 101 Å². The van der Waals surface area contributed by atoms with Crippen LogP contribution in [0.1, 0.15) is 16.7 Å². The van der Waals surface area contributed by atoms with Gasteiger partial charge in [0, 0.05) is 28.3 Å². The lowest BCUT2D eigenvalue weighted by molar-refractivity contribution is 0.913. The van der Waals surface area contributed by atoms with Crippen LogP contribution >= 0.6 is 22.7 Å². The van der Waals surface area contributed by atoms with E-state index in [2.05, 4.69) is 110 Å². The molecule has 0 N–H and O–H groups in total. The molecule has 2 heterocycles. The Balaban J connectivity index is 1.51. The highest BCUT2D eigenvalue weighted by Gasteiger charge is 2.20. The standard InChI is InChI=1S/C30H21N3S2/c1-18-20-11-3-5-15-26(20)34-29(18)31-23-17-24(22-13-8-10-19-9-7-12-21(23)28(19)22)32-30-33(2)25-14-4-6-16-27(25)35-30/h3-17H,1-2H3/b31-23-,32-30?. The monoisotopic (exact) mass is 487 g/mol. The number of hydrogen-bond donors (Lipinski definition) is 0. The van der Waals surface area contributed by atoms with Crippen LogP contribution in [0, 0.1) is 6.92 Å². The Morgan fingerprint density at radius 2 is 1.46 bits per heavy atom. The summed E-state index contributed by atoms with van der Waals surface area (Å²) < 4.78 is 4.68. The molecule has 3 nitrogen and oxygen atoms in total. The van der Waals surface area contributed by atoms with Gasteiger partial charge in [0.15, 0.2) is 4.80 Å². The van der Waals surface area contributed by atoms with Crippen LogP contribution in [0.4, 0.5) is 5.00 Å². The first kappa shape index (κ1) is 20.6. The van der Waals surface area contributed by atoms with Gasteiger partial charge < -0.3 is 4.57 Å². The normalized spacial score (nSPS) is 15.0. The van der Waals surface area contributed by atoms with Crippen molar-refractivity contribution in [3.8, 4) is 0 Å². The van der Waals surface area contributed by atoms with Gasteiger partial charge in [-0.25, -0.2) is 9.98 Å². The third-order valence-electron chi connectivity index (χ3n) is 6.70. The lowest BCUT2D eigenvalue weighted by Crippen LogP contribution is -2.12. The molecule has 0 bridgehead atoms. The summed E-state index contributed by atoms with van der Waals surface area (Å²) in [5.41, 5.74) is 6.66. The number of allylic oxidation sites excluding steroid dienone is 1. The van der Waals surface area contributed by atoms with Gasteiger partial charge in [-0.1, -0.05) is 78.1 Å². The molecule has 0 fully saturated rings. The van der Waals surface area contributed by atoms with Crippen molar-refractivity contribution in [2.45, 2.75) is 6.92 Å². The summed E-state index contributed by atoms with van der Waals surface area (Å²) in [7, 11) is 2.09. The first-order chi connectivity index (χ1) is 17.2. The van der Waals surface area contributed by atoms with Crippen molar-refractivity contribution in [1.29, 1.82) is 0 Å². The highest BCUT2D eigenvalue weighted by Crippen LogP contribution is 2.40. The zero-order valence-electron chi connectivity index (χ0n) is 19.3. The number of nitrogens with zero attached hydrogens (tertiary/aromatic N) is 3. The molecule has 0 unspecified atom stereocenters. The maximum atomic E-state index is 5.23. The van der Waals surface area contributed by atoms with E-state index in [1.165, 1.54) is 36.6 Å². The van der Waals surface area contributed by atoms with Crippen LogP contribution in [0.3, 0.4) is 0 Å². The minimum atomic E-state index is 0.953. The molecule has 0 atom stereocenters. The second-order valence-corrected chi connectivity index (χ2v) is 10.8. The number of rotatable bonds is 2. The van der Waals surface area contributed by atoms with Crippen LogP contribution in [-0.4, -0.2) is 10.3 Å². The Morgan fingerprint density at radius 1 is 0.714 bits per heavy atom. The first-order valence-electron chi connectivity index (χ1n) is 11.6. The summed E-state index contributed by atoms with van der Waals surface area (Å²) in [5, 5.41) is 4.76. The fourth-order valence-corrected chi connectivity index (χ4v) is 7.03. The summed E-state index contributed by atoms with van der Waals surface area (Å²) in [6.45, 7) is 2.17. The van der Waals surface area contributed by atoms with Gasteiger partial charge in [0.05, 0.1) is 21.6 Å². The number of benzene rings is 4. The molecular formula is C30H21N3S2. The average molecular weight is 488 g/mol. The van der Waals surface area contributed by atoms with Crippen LogP contribution in [0.25, 0.3) is 36.8 Å². The molecule has 0 radical (unpaired) electrons. The zero-order valence-corrected chi connectivity index (χ0v) is 21.0. The smallest absolute Gasteiger partial charge is 0.190 e. The molecule has 0 saturated heterocycles. The molecule has 0 aliphatic heterocycles. The van der Waals surface area contributed by atoms with E-state index >= 15 is 0 Å². The molecule has 35 heavy (non-hydrogen) atoms. The van der Waals surface area contributed by atoms with E-state index in [1.54, 1.807) is 22.7 Å². The van der Waals surface area contributed by atoms with Gasteiger partial charge in [-0.15, -0.1) is 11.3 Å². The van der Waals surface area contributed by atoms with Gasteiger partial charge in [0.2, 0.25) is 0 Å². The second kappa shape index (κ2) is 7.87. The molecule has 4 aromatic carbocycles. The van der Waals surface area contributed by atoms with E-state index in [-0.39, 0.29) is 0 Å². The van der Waals surface area contributed by atoms with Crippen molar-refractivity contribution in [3.63, 3.8) is 0 Å². The number of aliphatic imine (C=N–C) groups is 1. The van der Waals surface area contributed by atoms with Crippen molar-refractivity contribution < 1.29 is 0 Å². The average Bonchev–Trinajstić information content (AvgIpc) is 3.38. The third kappa shape index (κ3) is 3.23. The topological polar surface area (TPSA) is 29.6 Å². The van der Waals surface area contributed by atoms with Crippen LogP contribution in [0.2, 0.25) is 0 Å². The molecule has 7 rings (SSSR count). The van der Waals surface area contributed by atoms with Crippen molar-refractivity contribution in [1.82, 2.24) is 4.57 Å². The number of para-hydroxylation sites is 1. The summed E-state index contributed by atoms with van der Waals surface area (Å²) in [6, 6.07) is 29.9. The zero-order chi connectivity index (χ0) is 23.5. The SMILES string of the molecule is Cc1c(/N=C2/C=C(N=c3sc4ccccc4n3C)c3cccc4cccc2c34)sc2ccccc12. The largest absolute Gasteiger partial charge is 0.320 e. The number of aromatic nitrogens is 1. The molecule has 6 aromatic rings. The van der Waals surface area contributed by atoms with Gasteiger partial charge >= 0.3 is 0 Å². The van der Waals surface area contributed by atoms with Crippen LogP contribution in [-0.2, 0) is 7.05 Å². The minimum absolute atomic E-state index is 0.953. The molecule has 0 amide bonds. The van der Waals surface area contributed by atoms with Gasteiger partial charge in [-0.2, -0.15) is 0 Å². The predicted molar refractivity (Wildman–Crippen MR) is 151 cm³/mol. The quantitative estimate of drug-likeness (QED) is 0.237. The maximum absolute atomic E-state index is 5.23. The third-order valence-corrected chi connectivity index (χ3v) is 8.98. The van der Waals surface area contributed by atoms with Crippen molar-refractivity contribution in [3.05, 3.63) is 112 Å². The fourth-order valence-electron chi connectivity index (χ4n) is 4.91. The number of aryl methyl sites for hydroxylation is 2. The van der Waals surface area contributed by atoms with Gasteiger partial charge in [0.25, 0.3) is 0 Å². The van der Waals surface area contributed by atoms with E-state index in [0.717, 1.165) is 32.3 Å². The lowest BCUT2D eigenvalue weighted by atomic mass is 9.90.